The fraction of sp³-hybridized carbons (Fsp3) is 0.357. The maximum absolute atomic E-state index is 12.4. The lowest BCUT2D eigenvalue weighted by atomic mass is 10.2. The fourth-order valence-electron chi connectivity index (χ4n) is 2.03. The average molecular weight is 273 g/mol. The number of carbonyl (C=O) groups is 1. The third kappa shape index (κ3) is 3.21. The summed E-state index contributed by atoms with van der Waals surface area (Å²) in [6, 6.07) is 7.88. The van der Waals surface area contributed by atoms with Crippen molar-refractivity contribution in [3.8, 4) is 0 Å². The van der Waals surface area contributed by atoms with Gasteiger partial charge in [-0.2, -0.15) is 0 Å². The minimum absolute atomic E-state index is 0.0217. The van der Waals surface area contributed by atoms with Crippen molar-refractivity contribution in [2.45, 2.75) is 26.9 Å². The molecule has 0 atom stereocenters. The van der Waals surface area contributed by atoms with Crippen LogP contribution in [0.1, 0.15) is 18.2 Å². The number of anilines is 1. The third-order valence-electron chi connectivity index (χ3n) is 3.02. The Hall–Kier alpha value is -2.21. The molecule has 0 aliphatic heterocycles. The smallest absolute Gasteiger partial charge is 0.248 e. The van der Waals surface area contributed by atoms with Crippen molar-refractivity contribution >= 4 is 11.6 Å². The molecule has 2 rings (SSSR count). The summed E-state index contributed by atoms with van der Waals surface area (Å²) in [6.07, 6.45) is 1.70. The van der Waals surface area contributed by atoms with Crippen molar-refractivity contribution in [2.75, 3.05) is 11.4 Å². The molecule has 0 saturated heterocycles. The summed E-state index contributed by atoms with van der Waals surface area (Å²) in [7, 11) is 0. The number of rotatable bonds is 5. The van der Waals surface area contributed by atoms with Gasteiger partial charge in [-0.1, -0.05) is 17.3 Å². The van der Waals surface area contributed by atoms with Crippen LogP contribution in [0.25, 0.3) is 0 Å². The maximum atomic E-state index is 12.4. The SMILES string of the molecule is CCN(C(=O)Cn1cc(CN)nn1)c1cccc(C)c1. The number of hydrogen-bond acceptors (Lipinski definition) is 4. The quantitative estimate of drug-likeness (QED) is 0.885. The molecule has 0 saturated carbocycles. The van der Waals surface area contributed by atoms with Gasteiger partial charge in [0.25, 0.3) is 0 Å². The number of carbonyl (C=O) groups excluding carboxylic acids is 1. The summed E-state index contributed by atoms with van der Waals surface area (Å²) in [5, 5.41) is 7.77. The van der Waals surface area contributed by atoms with Gasteiger partial charge in [-0.25, -0.2) is 4.68 Å². The van der Waals surface area contributed by atoms with Gasteiger partial charge < -0.3 is 10.6 Å². The standard InChI is InChI=1S/C14H19N5O/c1-3-19(13-6-4-5-11(2)7-13)14(20)10-18-9-12(8-15)16-17-18/h4-7,9H,3,8,10,15H2,1-2H3. The number of amides is 1. The molecule has 0 unspecified atom stereocenters. The van der Waals surface area contributed by atoms with Crippen molar-refractivity contribution in [1.29, 1.82) is 0 Å². The number of benzene rings is 1. The minimum Gasteiger partial charge on any atom is -0.325 e. The van der Waals surface area contributed by atoms with E-state index in [4.69, 9.17) is 5.73 Å². The summed E-state index contributed by atoms with van der Waals surface area (Å²) in [5.74, 6) is -0.0217. The molecular weight excluding hydrogens is 254 g/mol. The van der Waals surface area contributed by atoms with E-state index in [1.807, 2.05) is 38.1 Å². The van der Waals surface area contributed by atoms with Crippen LogP contribution in [-0.2, 0) is 17.9 Å². The van der Waals surface area contributed by atoms with Crippen LogP contribution in [0.3, 0.4) is 0 Å². The fourth-order valence-corrected chi connectivity index (χ4v) is 2.03. The van der Waals surface area contributed by atoms with Gasteiger partial charge >= 0.3 is 0 Å². The Labute approximate surface area is 118 Å². The molecule has 6 nitrogen and oxygen atoms in total. The molecule has 20 heavy (non-hydrogen) atoms. The molecule has 0 bridgehead atoms. The summed E-state index contributed by atoms with van der Waals surface area (Å²) < 4.78 is 1.52. The first kappa shape index (κ1) is 14.2. The van der Waals surface area contributed by atoms with Crippen LogP contribution in [0.5, 0.6) is 0 Å². The van der Waals surface area contributed by atoms with Gasteiger partial charge in [-0.15, -0.1) is 5.10 Å². The molecule has 1 amide bonds. The Morgan fingerprint density at radius 2 is 2.25 bits per heavy atom. The van der Waals surface area contributed by atoms with Crippen LogP contribution in [0.2, 0.25) is 0 Å². The van der Waals surface area contributed by atoms with E-state index in [-0.39, 0.29) is 12.5 Å². The zero-order valence-corrected chi connectivity index (χ0v) is 11.8. The zero-order valence-electron chi connectivity index (χ0n) is 11.8. The second kappa shape index (κ2) is 6.29. The van der Waals surface area contributed by atoms with E-state index >= 15 is 0 Å². The van der Waals surface area contributed by atoms with Gasteiger partial charge in [0.15, 0.2) is 0 Å². The highest BCUT2D eigenvalue weighted by molar-refractivity contribution is 5.93. The number of nitrogens with zero attached hydrogens (tertiary/aromatic N) is 4. The van der Waals surface area contributed by atoms with Crippen LogP contribution in [0.4, 0.5) is 5.69 Å². The highest BCUT2D eigenvalue weighted by Gasteiger charge is 2.15. The minimum atomic E-state index is -0.0217. The summed E-state index contributed by atoms with van der Waals surface area (Å²) in [5.41, 5.74) is 8.18. The molecule has 106 valence electrons. The Bertz CT molecular complexity index is 593. The number of hydrogen-bond donors (Lipinski definition) is 1. The number of aryl methyl sites for hydroxylation is 1. The third-order valence-corrected chi connectivity index (χ3v) is 3.02. The molecule has 0 fully saturated rings. The second-order valence-electron chi connectivity index (χ2n) is 4.59. The van der Waals surface area contributed by atoms with E-state index in [1.54, 1.807) is 11.1 Å². The molecule has 0 spiro atoms. The topological polar surface area (TPSA) is 77.0 Å². The van der Waals surface area contributed by atoms with Gasteiger partial charge in [0.05, 0.1) is 11.9 Å². The van der Waals surface area contributed by atoms with E-state index in [2.05, 4.69) is 10.3 Å². The molecular formula is C14H19N5O. The van der Waals surface area contributed by atoms with Crippen molar-refractivity contribution in [2.24, 2.45) is 5.73 Å². The van der Waals surface area contributed by atoms with Crippen LogP contribution < -0.4 is 10.6 Å². The Kier molecular flexibility index (Phi) is 4.47. The van der Waals surface area contributed by atoms with Crippen molar-refractivity contribution in [1.82, 2.24) is 15.0 Å². The number of aromatic nitrogens is 3. The van der Waals surface area contributed by atoms with Crippen LogP contribution in [-0.4, -0.2) is 27.4 Å². The van der Waals surface area contributed by atoms with Crippen molar-refractivity contribution in [3.63, 3.8) is 0 Å². The maximum Gasteiger partial charge on any atom is 0.248 e. The molecule has 0 aliphatic carbocycles. The van der Waals surface area contributed by atoms with E-state index < -0.39 is 0 Å². The second-order valence-corrected chi connectivity index (χ2v) is 4.59. The molecule has 0 aliphatic rings. The predicted molar refractivity (Wildman–Crippen MR) is 77.1 cm³/mol. The Morgan fingerprint density at radius 1 is 1.45 bits per heavy atom. The zero-order chi connectivity index (χ0) is 14.5. The summed E-state index contributed by atoms with van der Waals surface area (Å²) in [6.45, 7) is 5.05. The summed E-state index contributed by atoms with van der Waals surface area (Å²) in [4.78, 5) is 14.1. The van der Waals surface area contributed by atoms with E-state index in [9.17, 15) is 4.79 Å². The molecule has 1 heterocycles. The first-order valence-electron chi connectivity index (χ1n) is 6.60. The average Bonchev–Trinajstić information content (AvgIpc) is 2.87. The van der Waals surface area contributed by atoms with E-state index in [0.717, 1.165) is 11.3 Å². The van der Waals surface area contributed by atoms with Crippen LogP contribution in [0, 0.1) is 6.92 Å². The van der Waals surface area contributed by atoms with E-state index in [1.165, 1.54) is 4.68 Å². The lowest BCUT2D eigenvalue weighted by Gasteiger charge is -2.21. The first-order valence-corrected chi connectivity index (χ1v) is 6.60. The molecule has 0 radical (unpaired) electrons. The Morgan fingerprint density at radius 3 is 2.85 bits per heavy atom. The monoisotopic (exact) mass is 273 g/mol. The van der Waals surface area contributed by atoms with Crippen molar-refractivity contribution < 1.29 is 4.79 Å². The van der Waals surface area contributed by atoms with Gasteiger partial charge in [0, 0.05) is 18.8 Å². The molecule has 1 aromatic heterocycles. The van der Waals surface area contributed by atoms with Crippen molar-refractivity contribution in [3.05, 3.63) is 41.7 Å². The molecule has 2 aromatic rings. The molecule has 6 heteroatoms. The van der Waals surface area contributed by atoms with Crippen LogP contribution >= 0.6 is 0 Å². The highest BCUT2D eigenvalue weighted by Crippen LogP contribution is 2.16. The normalized spacial score (nSPS) is 10.6. The van der Waals surface area contributed by atoms with Gasteiger partial charge in [0.2, 0.25) is 5.91 Å². The lowest BCUT2D eigenvalue weighted by Crippen LogP contribution is -2.33. The molecule has 2 N–H and O–H groups in total. The summed E-state index contributed by atoms with van der Waals surface area (Å²) >= 11 is 0. The van der Waals surface area contributed by atoms with Crippen LogP contribution in [0.15, 0.2) is 30.5 Å². The number of nitrogens with two attached hydrogens (primary N) is 1. The van der Waals surface area contributed by atoms with Gasteiger partial charge in [0.1, 0.15) is 6.54 Å². The lowest BCUT2D eigenvalue weighted by molar-refractivity contribution is -0.119. The first-order chi connectivity index (χ1) is 9.63. The highest BCUT2D eigenvalue weighted by atomic mass is 16.2. The predicted octanol–water partition coefficient (Wildman–Crippen LogP) is 1.10. The largest absolute Gasteiger partial charge is 0.325 e. The van der Waals surface area contributed by atoms with Gasteiger partial charge in [-0.3, -0.25) is 4.79 Å². The Balaban J connectivity index is 2.13. The van der Waals surface area contributed by atoms with E-state index in [0.29, 0.717) is 18.8 Å². The number of likely N-dealkylation sites (N-methyl/N-ethyl adjacent to an activating group) is 1. The molecule has 1 aromatic carbocycles. The van der Waals surface area contributed by atoms with Gasteiger partial charge in [-0.05, 0) is 31.5 Å².